The molecule has 0 unspecified atom stereocenters. The first-order chi connectivity index (χ1) is 13.7. The van der Waals surface area contributed by atoms with Crippen LogP contribution in [0.25, 0.3) is 33.1 Å². The van der Waals surface area contributed by atoms with E-state index in [1.165, 1.54) is 0 Å². The van der Waals surface area contributed by atoms with Crippen molar-refractivity contribution in [3.8, 4) is 22.8 Å². The summed E-state index contributed by atoms with van der Waals surface area (Å²) in [6, 6.07) is 14.6. The van der Waals surface area contributed by atoms with E-state index < -0.39 is 0 Å². The summed E-state index contributed by atoms with van der Waals surface area (Å²) in [5, 5.41) is 2.30. The van der Waals surface area contributed by atoms with Gasteiger partial charge in [0.25, 0.3) is 0 Å². The van der Waals surface area contributed by atoms with E-state index in [2.05, 4.69) is 58.8 Å². The molecule has 0 fully saturated rings. The molecule has 4 aromatic rings. The molecular formula is C24H24N2O2. The summed E-state index contributed by atoms with van der Waals surface area (Å²) in [7, 11) is 3.39. The third kappa shape index (κ3) is 2.87. The number of aromatic nitrogens is 2. The number of fused-ring (bicyclic) bond motifs is 2. The Labute approximate surface area is 164 Å². The molecule has 4 heteroatoms. The van der Waals surface area contributed by atoms with Gasteiger partial charge in [0.1, 0.15) is 11.5 Å². The predicted octanol–water partition coefficient (Wildman–Crippen LogP) is 5.65. The molecule has 0 aliphatic heterocycles. The molecule has 2 aromatic heterocycles. The summed E-state index contributed by atoms with van der Waals surface area (Å²) in [5.74, 6) is 1.70. The van der Waals surface area contributed by atoms with Crippen LogP contribution in [0.1, 0.15) is 0 Å². The van der Waals surface area contributed by atoms with E-state index in [0.29, 0.717) is 0 Å². The quantitative estimate of drug-likeness (QED) is 0.392. The summed E-state index contributed by atoms with van der Waals surface area (Å²) in [4.78, 5) is 0. The summed E-state index contributed by atoms with van der Waals surface area (Å²) in [5.41, 5.74) is 4.61. The van der Waals surface area contributed by atoms with Crippen molar-refractivity contribution < 1.29 is 9.47 Å². The Morgan fingerprint density at radius 1 is 0.857 bits per heavy atom. The van der Waals surface area contributed by atoms with Crippen molar-refractivity contribution in [2.75, 3.05) is 14.2 Å². The van der Waals surface area contributed by atoms with Gasteiger partial charge in [-0.2, -0.15) is 0 Å². The molecule has 2 heterocycles. The van der Waals surface area contributed by atoms with Crippen LogP contribution in [-0.4, -0.2) is 23.4 Å². The van der Waals surface area contributed by atoms with E-state index in [9.17, 15) is 0 Å². The highest BCUT2D eigenvalue weighted by molar-refractivity contribution is 5.99. The molecule has 0 aliphatic rings. The van der Waals surface area contributed by atoms with Crippen LogP contribution in [0.5, 0.6) is 11.5 Å². The molecule has 0 N–H and O–H groups in total. The average Bonchev–Trinajstić information content (AvgIpc) is 3.26. The second kappa shape index (κ2) is 7.31. The molecule has 4 rings (SSSR count). The SMILES string of the molecule is C=CCn1cc(-c2cc3cc(OC)ccc3n2CC=C)c2cc(OC)ccc21. The van der Waals surface area contributed by atoms with E-state index in [1.54, 1.807) is 14.2 Å². The number of hydrogen-bond acceptors (Lipinski definition) is 2. The van der Waals surface area contributed by atoms with Gasteiger partial charge >= 0.3 is 0 Å². The second-order valence-corrected chi connectivity index (χ2v) is 6.72. The van der Waals surface area contributed by atoms with Gasteiger partial charge in [-0.3, -0.25) is 0 Å². The van der Waals surface area contributed by atoms with Gasteiger partial charge in [-0.1, -0.05) is 12.2 Å². The Kier molecular flexibility index (Phi) is 4.70. The molecule has 0 amide bonds. The molecule has 0 bridgehead atoms. The van der Waals surface area contributed by atoms with Gasteiger partial charge in [0.15, 0.2) is 0 Å². The van der Waals surface area contributed by atoms with Crippen molar-refractivity contribution in [1.29, 1.82) is 0 Å². The number of allylic oxidation sites excluding steroid dienone is 2. The first-order valence-electron chi connectivity index (χ1n) is 9.26. The van der Waals surface area contributed by atoms with E-state index in [1.807, 2.05) is 24.3 Å². The van der Waals surface area contributed by atoms with Gasteiger partial charge < -0.3 is 18.6 Å². The normalized spacial score (nSPS) is 11.1. The first kappa shape index (κ1) is 18.0. The lowest BCUT2D eigenvalue weighted by molar-refractivity contribution is 0.415. The zero-order valence-electron chi connectivity index (χ0n) is 16.3. The van der Waals surface area contributed by atoms with Gasteiger partial charge in [-0.15, -0.1) is 13.2 Å². The van der Waals surface area contributed by atoms with Gasteiger partial charge in [0, 0.05) is 46.7 Å². The zero-order chi connectivity index (χ0) is 19.7. The molecule has 0 saturated heterocycles. The molecule has 4 nitrogen and oxygen atoms in total. The Morgan fingerprint density at radius 2 is 1.54 bits per heavy atom. The fourth-order valence-corrected chi connectivity index (χ4v) is 3.82. The Bertz CT molecular complexity index is 1180. The predicted molar refractivity (Wildman–Crippen MR) is 116 cm³/mol. The van der Waals surface area contributed by atoms with Crippen LogP contribution in [0.3, 0.4) is 0 Å². The third-order valence-corrected chi connectivity index (χ3v) is 5.11. The number of benzene rings is 2. The van der Waals surface area contributed by atoms with Crippen LogP contribution in [0.2, 0.25) is 0 Å². The summed E-state index contributed by atoms with van der Waals surface area (Å²) < 4.78 is 15.4. The van der Waals surface area contributed by atoms with E-state index >= 15 is 0 Å². The van der Waals surface area contributed by atoms with Crippen molar-refractivity contribution in [3.63, 3.8) is 0 Å². The standard InChI is InChI=1S/C24H24N2O2/c1-5-11-25-16-21(20-15-19(28-4)8-10-23(20)25)24-14-17-13-18(27-3)7-9-22(17)26(24)12-6-2/h5-10,13-16H,1-2,11-12H2,3-4H3. The molecule has 28 heavy (non-hydrogen) atoms. The van der Waals surface area contributed by atoms with Crippen molar-refractivity contribution in [2.24, 2.45) is 0 Å². The van der Waals surface area contributed by atoms with E-state index in [-0.39, 0.29) is 0 Å². The number of ether oxygens (including phenoxy) is 2. The lowest BCUT2D eigenvalue weighted by Gasteiger charge is -2.08. The average molecular weight is 372 g/mol. The molecule has 2 aromatic carbocycles. The Balaban J connectivity index is 2.03. The van der Waals surface area contributed by atoms with Crippen molar-refractivity contribution in [2.45, 2.75) is 13.1 Å². The number of nitrogens with zero attached hydrogens (tertiary/aromatic N) is 2. The maximum Gasteiger partial charge on any atom is 0.119 e. The molecule has 0 radical (unpaired) electrons. The van der Waals surface area contributed by atoms with Gasteiger partial charge in [-0.05, 0) is 42.5 Å². The number of methoxy groups -OCH3 is 2. The molecule has 142 valence electrons. The first-order valence-corrected chi connectivity index (χ1v) is 9.26. The smallest absolute Gasteiger partial charge is 0.119 e. The van der Waals surface area contributed by atoms with Crippen LogP contribution >= 0.6 is 0 Å². The number of hydrogen-bond donors (Lipinski definition) is 0. The van der Waals surface area contributed by atoms with Crippen LogP contribution in [-0.2, 0) is 13.1 Å². The number of rotatable bonds is 7. The highest BCUT2D eigenvalue weighted by Gasteiger charge is 2.17. The largest absolute Gasteiger partial charge is 0.497 e. The summed E-state index contributed by atoms with van der Waals surface area (Å²) >= 11 is 0. The molecule has 0 aliphatic carbocycles. The molecule has 0 saturated carbocycles. The molecule has 0 atom stereocenters. The van der Waals surface area contributed by atoms with Crippen molar-refractivity contribution in [1.82, 2.24) is 9.13 Å². The van der Waals surface area contributed by atoms with Crippen LogP contribution in [0.4, 0.5) is 0 Å². The minimum atomic E-state index is 0.725. The fraction of sp³-hybridized carbons (Fsp3) is 0.167. The molecular weight excluding hydrogens is 348 g/mol. The lowest BCUT2D eigenvalue weighted by Crippen LogP contribution is -1.97. The van der Waals surface area contributed by atoms with Crippen molar-refractivity contribution in [3.05, 3.63) is 74.0 Å². The summed E-state index contributed by atoms with van der Waals surface area (Å²) in [6.07, 6.45) is 6.03. The van der Waals surface area contributed by atoms with Gasteiger partial charge in [0.2, 0.25) is 0 Å². The minimum absolute atomic E-state index is 0.725. The van der Waals surface area contributed by atoms with Gasteiger partial charge in [-0.25, -0.2) is 0 Å². The van der Waals surface area contributed by atoms with E-state index in [4.69, 9.17) is 9.47 Å². The van der Waals surface area contributed by atoms with Crippen LogP contribution in [0.15, 0.2) is 74.0 Å². The monoisotopic (exact) mass is 372 g/mol. The van der Waals surface area contributed by atoms with Crippen LogP contribution in [0, 0.1) is 0 Å². The summed E-state index contributed by atoms with van der Waals surface area (Å²) in [6.45, 7) is 9.33. The van der Waals surface area contributed by atoms with Gasteiger partial charge in [0.05, 0.1) is 19.9 Å². The maximum absolute atomic E-state index is 5.48. The van der Waals surface area contributed by atoms with E-state index in [0.717, 1.165) is 57.7 Å². The lowest BCUT2D eigenvalue weighted by atomic mass is 10.1. The highest BCUT2D eigenvalue weighted by Crippen LogP contribution is 2.37. The highest BCUT2D eigenvalue weighted by atomic mass is 16.5. The topological polar surface area (TPSA) is 28.3 Å². The zero-order valence-corrected chi connectivity index (χ0v) is 16.3. The minimum Gasteiger partial charge on any atom is -0.497 e. The maximum atomic E-state index is 5.48. The fourth-order valence-electron chi connectivity index (χ4n) is 3.82. The third-order valence-electron chi connectivity index (χ3n) is 5.11. The Hall–Kier alpha value is -3.40. The second-order valence-electron chi connectivity index (χ2n) is 6.72. The Morgan fingerprint density at radius 3 is 2.21 bits per heavy atom. The molecule has 0 spiro atoms. The van der Waals surface area contributed by atoms with Crippen molar-refractivity contribution >= 4 is 21.8 Å². The van der Waals surface area contributed by atoms with Crippen LogP contribution < -0.4 is 9.47 Å².